The lowest BCUT2D eigenvalue weighted by Crippen LogP contribution is -2.13. The summed E-state index contributed by atoms with van der Waals surface area (Å²) < 4.78 is 1.80. The van der Waals surface area contributed by atoms with Crippen LogP contribution in [0.4, 0.5) is 11.9 Å². The normalized spacial score (nSPS) is 20.1. The molecule has 1 unspecified atom stereocenters. The van der Waals surface area contributed by atoms with Gasteiger partial charge in [0.2, 0.25) is 11.9 Å². The molecule has 0 aromatic carbocycles. The van der Waals surface area contributed by atoms with Gasteiger partial charge in [0.25, 0.3) is 5.56 Å². The number of hydrogen-bond donors (Lipinski definition) is 3. The maximum absolute atomic E-state index is 11.7. The number of thioether (sulfide) groups is 1. The van der Waals surface area contributed by atoms with Crippen molar-refractivity contribution in [2.75, 3.05) is 17.2 Å². The monoisotopic (exact) mass is 252 g/mol. The number of nitrogen functional groups attached to an aromatic ring is 2. The van der Waals surface area contributed by atoms with E-state index in [0.717, 1.165) is 18.6 Å². The van der Waals surface area contributed by atoms with Crippen LogP contribution in [-0.4, -0.2) is 25.3 Å². The van der Waals surface area contributed by atoms with Crippen LogP contribution in [0.15, 0.2) is 4.79 Å². The Morgan fingerprint density at radius 1 is 1.41 bits per heavy atom. The van der Waals surface area contributed by atoms with Gasteiger partial charge in [0.1, 0.15) is 0 Å². The van der Waals surface area contributed by atoms with Gasteiger partial charge in [0.15, 0.2) is 11.2 Å². The number of aromatic nitrogens is 4. The molecule has 1 fully saturated rings. The van der Waals surface area contributed by atoms with Crippen molar-refractivity contribution in [1.29, 1.82) is 0 Å². The Kier molecular flexibility index (Phi) is 2.25. The fourth-order valence-electron chi connectivity index (χ4n) is 2.07. The van der Waals surface area contributed by atoms with Crippen molar-refractivity contribution in [3.05, 3.63) is 10.4 Å². The lowest BCUT2D eigenvalue weighted by atomic mass is 10.3. The second-order valence-electron chi connectivity index (χ2n) is 3.93. The van der Waals surface area contributed by atoms with E-state index in [9.17, 15) is 4.79 Å². The van der Waals surface area contributed by atoms with Crippen LogP contribution in [0.1, 0.15) is 18.2 Å². The third-order valence-electron chi connectivity index (χ3n) is 2.79. The highest BCUT2D eigenvalue weighted by Crippen LogP contribution is 2.38. The van der Waals surface area contributed by atoms with Crippen LogP contribution >= 0.6 is 11.8 Å². The van der Waals surface area contributed by atoms with E-state index < -0.39 is 0 Å². The van der Waals surface area contributed by atoms with Gasteiger partial charge in [-0.1, -0.05) is 0 Å². The molecule has 8 heteroatoms. The summed E-state index contributed by atoms with van der Waals surface area (Å²) in [5, 5.41) is 0.202. The Balaban J connectivity index is 2.29. The number of rotatable bonds is 1. The number of imidazole rings is 1. The third-order valence-corrected chi connectivity index (χ3v) is 4.15. The highest BCUT2D eigenvalue weighted by atomic mass is 32.2. The first-order chi connectivity index (χ1) is 8.16. The average Bonchev–Trinajstić information content (AvgIpc) is 2.84. The first-order valence-corrected chi connectivity index (χ1v) is 6.36. The summed E-state index contributed by atoms with van der Waals surface area (Å²) in [6.07, 6.45) is 2.14. The summed E-state index contributed by atoms with van der Waals surface area (Å²) in [4.78, 5) is 22.3. The zero-order valence-corrected chi connectivity index (χ0v) is 9.83. The summed E-state index contributed by atoms with van der Waals surface area (Å²) in [6.45, 7) is 0. The number of H-pyrrole nitrogens is 1. The molecule has 1 aliphatic rings. The van der Waals surface area contributed by atoms with E-state index in [1.165, 1.54) is 0 Å². The van der Waals surface area contributed by atoms with Crippen molar-refractivity contribution < 1.29 is 0 Å². The fourth-order valence-corrected chi connectivity index (χ4v) is 3.36. The Labute approximate surface area is 101 Å². The number of hydrogen-bond acceptors (Lipinski definition) is 6. The van der Waals surface area contributed by atoms with E-state index in [-0.39, 0.29) is 22.4 Å². The minimum Gasteiger partial charge on any atom is -0.369 e. The molecule has 3 rings (SSSR count). The first kappa shape index (κ1) is 10.5. The second kappa shape index (κ2) is 3.66. The molecule has 0 bridgehead atoms. The van der Waals surface area contributed by atoms with Crippen LogP contribution in [0.25, 0.3) is 11.2 Å². The second-order valence-corrected chi connectivity index (χ2v) is 5.22. The highest BCUT2D eigenvalue weighted by molar-refractivity contribution is 7.99. The Hall–Kier alpha value is -1.70. The van der Waals surface area contributed by atoms with Gasteiger partial charge in [-0.3, -0.25) is 14.3 Å². The van der Waals surface area contributed by atoms with E-state index in [2.05, 4.69) is 15.0 Å². The SMILES string of the molecule is Nc1nc2c(nc(N)n2C2CCCS2)c(=O)[nH]1. The molecule has 5 N–H and O–H groups in total. The van der Waals surface area contributed by atoms with Gasteiger partial charge in [-0.15, -0.1) is 11.8 Å². The van der Waals surface area contributed by atoms with Crippen molar-refractivity contribution in [2.24, 2.45) is 0 Å². The average molecular weight is 252 g/mol. The van der Waals surface area contributed by atoms with Crippen LogP contribution in [0.5, 0.6) is 0 Å². The van der Waals surface area contributed by atoms with Gasteiger partial charge >= 0.3 is 0 Å². The molecule has 1 aliphatic heterocycles. The number of anilines is 2. The molecular formula is C9H12N6OS. The standard InChI is InChI=1S/C9H12N6OS/c10-8-13-6-5(7(16)14-8)12-9(11)15(6)4-2-1-3-17-4/h4H,1-3H2,(H2,11,12)(H3,10,13,14,16). The Morgan fingerprint density at radius 2 is 2.24 bits per heavy atom. The summed E-state index contributed by atoms with van der Waals surface area (Å²) in [5.74, 6) is 1.50. The lowest BCUT2D eigenvalue weighted by molar-refractivity contribution is 0.663. The number of nitrogens with one attached hydrogen (secondary N) is 1. The van der Waals surface area contributed by atoms with Gasteiger partial charge in [0, 0.05) is 0 Å². The van der Waals surface area contributed by atoms with E-state index in [1.807, 2.05) is 0 Å². The molecule has 0 saturated carbocycles. The van der Waals surface area contributed by atoms with Crippen LogP contribution in [-0.2, 0) is 0 Å². The molecule has 1 saturated heterocycles. The van der Waals surface area contributed by atoms with Gasteiger partial charge < -0.3 is 11.5 Å². The lowest BCUT2D eigenvalue weighted by Gasteiger charge is -2.12. The smallest absolute Gasteiger partial charge is 0.280 e. The summed E-state index contributed by atoms with van der Waals surface area (Å²) >= 11 is 1.79. The van der Waals surface area contributed by atoms with Crippen LogP contribution in [0, 0.1) is 0 Å². The molecule has 90 valence electrons. The zero-order valence-electron chi connectivity index (χ0n) is 9.01. The van der Waals surface area contributed by atoms with E-state index >= 15 is 0 Å². The highest BCUT2D eigenvalue weighted by Gasteiger charge is 2.24. The minimum atomic E-state index is -0.346. The third kappa shape index (κ3) is 1.55. The van der Waals surface area contributed by atoms with Crippen molar-refractivity contribution >= 4 is 34.8 Å². The van der Waals surface area contributed by atoms with Crippen molar-refractivity contribution in [2.45, 2.75) is 18.2 Å². The molecule has 0 spiro atoms. The van der Waals surface area contributed by atoms with Crippen molar-refractivity contribution in [3.8, 4) is 0 Å². The van der Waals surface area contributed by atoms with Crippen LogP contribution < -0.4 is 17.0 Å². The van der Waals surface area contributed by atoms with E-state index in [4.69, 9.17) is 11.5 Å². The molecule has 2 aromatic heterocycles. The van der Waals surface area contributed by atoms with Gasteiger partial charge in [-0.05, 0) is 18.6 Å². The van der Waals surface area contributed by atoms with Gasteiger partial charge in [0.05, 0.1) is 5.37 Å². The predicted octanol–water partition coefficient (Wildman–Crippen LogP) is 0.310. The Morgan fingerprint density at radius 3 is 2.94 bits per heavy atom. The van der Waals surface area contributed by atoms with Crippen LogP contribution in [0.2, 0.25) is 0 Å². The zero-order chi connectivity index (χ0) is 12.0. The fraction of sp³-hybridized carbons (Fsp3) is 0.444. The molecule has 0 amide bonds. The Bertz CT molecular complexity index is 626. The molecular weight excluding hydrogens is 240 g/mol. The summed E-state index contributed by atoms with van der Waals surface area (Å²) in [5.41, 5.74) is 11.8. The number of nitrogens with two attached hydrogens (primary N) is 2. The van der Waals surface area contributed by atoms with Crippen LogP contribution in [0.3, 0.4) is 0 Å². The van der Waals surface area contributed by atoms with Gasteiger partial charge in [-0.25, -0.2) is 4.98 Å². The molecule has 17 heavy (non-hydrogen) atoms. The number of fused-ring (bicyclic) bond motifs is 1. The van der Waals surface area contributed by atoms with Crippen molar-refractivity contribution in [3.63, 3.8) is 0 Å². The quantitative estimate of drug-likeness (QED) is 0.672. The van der Waals surface area contributed by atoms with E-state index in [0.29, 0.717) is 11.6 Å². The molecule has 7 nitrogen and oxygen atoms in total. The first-order valence-electron chi connectivity index (χ1n) is 5.31. The number of nitrogens with zero attached hydrogens (tertiary/aromatic N) is 3. The largest absolute Gasteiger partial charge is 0.369 e. The molecule has 0 aliphatic carbocycles. The molecule has 1 atom stereocenters. The van der Waals surface area contributed by atoms with Gasteiger partial charge in [-0.2, -0.15) is 4.98 Å². The minimum absolute atomic E-state index is 0.0895. The molecule has 3 heterocycles. The van der Waals surface area contributed by atoms with E-state index in [1.54, 1.807) is 16.3 Å². The number of aromatic amines is 1. The maximum Gasteiger partial charge on any atom is 0.280 e. The molecule has 2 aromatic rings. The van der Waals surface area contributed by atoms with Crippen molar-refractivity contribution in [1.82, 2.24) is 19.5 Å². The summed E-state index contributed by atoms with van der Waals surface area (Å²) in [7, 11) is 0. The maximum atomic E-state index is 11.7. The molecule has 0 radical (unpaired) electrons. The predicted molar refractivity (Wildman–Crippen MR) is 67.7 cm³/mol. The topological polar surface area (TPSA) is 116 Å². The summed E-state index contributed by atoms with van der Waals surface area (Å²) in [6, 6.07) is 0.